The first-order chi connectivity index (χ1) is 8.49. The van der Waals surface area contributed by atoms with E-state index in [1.807, 2.05) is 0 Å². The molecule has 5 heteroatoms. The van der Waals surface area contributed by atoms with E-state index in [1.165, 1.54) is 18.2 Å². The van der Waals surface area contributed by atoms with Gasteiger partial charge in [-0.05, 0) is 37.1 Å². The second-order valence-corrected chi connectivity index (χ2v) is 4.53. The highest BCUT2D eigenvalue weighted by molar-refractivity contribution is 5.99. The highest BCUT2D eigenvalue weighted by Crippen LogP contribution is 2.13. The molecule has 18 heavy (non-hydrogen) atoms. The van der Waals surface area contributed by atoms with Crippen LogP contribution in [0.5, 0.6) is 0 Å². The SMILES string of the molecule is Cc1cc(F)ccc1C(=O)NC1CCN(C)C1=O. The molecule has 1 aromatic rings. The fourth-order valence-electron chi connectivity index (χ4n) is 2.07. The molecule has 1 aliphatic rings. The number of carbonyl (C=O) groups excluding carboxylic acids is 2. The van der Waals surface area contributed by atoms with Gasteiger partial charge in [0.25, 0.3) is 5.91 Å². The number of likely N-dealkylation sites (N-methyl/N-ethyl adjacent to an activating group) is 1. The largest absolute Gasteiger partial charge is 0.344 e. The van der Waals surface area contributed by atoms with E-state index in [9.17, 15) is 14.0 Å². The molecule has 0 saturated carbocycles. The van der Waals surface area contributed by atoms with Crippen LogP contribution in [0.15, 0.2) is 18.2 Å². The van der Waals surface area contributed by atoms with Crippen molar-refractivity contribution in [3.8, 4) is 0 Å². The monoisotopic (exact) mass is 250 g/mol. The smallest absolute Gasteiger partial charge is 0.252 e. The molecule has 0 aliphatic carbocycles. The standard InChI is InChI=1S/C13H15FN2O2/c1-8-7-9(14)3-4-10(8)12(17)15-11-5-6-16(2)13(11)18/h3-4,7,11H,5-6H2,1-2H3,(H,15,17). The minimum atomic E-state index is -0.466. The third kappa shape index (κ3) is 2.34. The topological polar surface area (TPSA) is 49.4 Å². The Labute approximate surface area is 105 Å². The Morgan fingerprint density at radius 1 is 1.50 bits per heavy atom. The number of likely N-dealkylation sites (tertiary alicyclic amines) is 1. The van der Waals surface area contributed by atoms with Crippen LogP contribution in [-0.2, 0) is 4.79 Å². The Morgan fingerprint density at radius 2 is 2.22 bits per heavy atom. The van der Waals surface area contributed by atoms with Gasteiger partial charge < -0.3 is 10.2 Å². The third-order valence-electron chi connectivity index (χ3n) is 3.17. The number of rotatable bonds is 2. The molecule has 0 spiro atoms. The number of amides is 2. The minimum Gasteiger partial charge on any atom is -0.344 e. The third-order valence-corrected chi connectivity index (χ3v) is 3.17. The average Bonchev–Trinajstić information content (AvgIpc) is 2.61. The Kier molecular flexibility index (Phi) is 3.32. The quantitative estimate of drug-likeness (QED) is 0.854. The molecule has 1 unspecified atom stereocenters. The molecule has 2 rings (SSSR count). The van der Waals surface area contributed by atoms with Crippen molar-refractivity contribution in [3.05, 3.63) is 35.1 Å². The van der Waals surface area contributed by atoms with E-state index in [1.54, 1.807) is 18.9 Å². The lowest BCUT2D eigenvalue weighted by Crippen LogP contribution is -2.40. The maximum Gasteiger partial charge on any atom is 0.252 e. The second kappa shape index (κ2) is 4.76. The van der Waals surface area contributed by atoms with Gasteiger partial charge in [-0.1, -0.05) is 0 Å². The van der Waals surface area contributed by atoms with E-state index in [4.69, 9.17) is 0 Å². The van der Waals surface area contributed by atoms with Gasteiger partial charge >= 0.3 is 0 Å². The van der Waals surface area contributed by atoms with Gasteiger partial charge in [0.15, 0.2) is 0 Å². The van der Waals surface area contributed by atoms with Crippen LogP contribution in [0.25, 0.3) is 0 Å². The van der Waals surface area contributed by atoms with E-state index in [2.05, 4.69) is 5.32 Å². The van der Waals surface area contributed by atoms with Crippen LogP contribution in [0.2, 0.25) is 0 Å². The summed E-state index contributed by atoms with van der Waals surface area (Å²) in [5.74, 6) is -0.787. The van der Waals surface area contributed by atoms with Crippen molar-refractivity contribution in [3.63, 3.8) is 0 Å². The number of hydrogen-bond donors (Lipinski definition) is 1. The van der Waals surface area contributed by atoms with Crippen molar-refractivity contribution in [1.82, 2.24) is 10.2 Å². The average molecular weight is 250 g/mol. The van der Waals surface area contributed by atoms with Crippen LogP contribution in [0.1, 0.15) is 22.3 Å². The summed E-state index contributed by atoms with van der Waals surface area (Å²) in [7, 11) is 1.71. The van der Waals surface area contributed by atoms with Gasteiger partial charge in [0.1, 0.15) is 11.9 Å². The fraction of sp³-hybridized carbons (Fsp3) is 0.385. The molecular formula is C13H15FN2O2. The zero-order chi connectivity index (χ0) is 13.3. The number of hydrogen-bond acceptors (Lipinski definition) is 2. The fourth-order valence-corrected chi connectivity index (χ4v) is 2.07. The molecular weight excluding hydrogens is 235 g/mol. The van der Waals surface area contributed by atoms with E-state index in [-0.39, 0.29) is 17.6 Å². The first-order valence-corrected chi connectivity index (χ1v) is 5.81. The van der Waals surface area contributed by atoms with Gasteiger partial charge in [-0.15, -0.1) is 0 Å². The van der Waals surface area contributed by atoms with Gasteiger partial charge in [-0.2, -0.15) is 0 Å². The maximum absolute atomic E-state index is 12.9. The molecule has 96 valence electrons. The van der Waals surface area contributed by atoms with Crippen LogP contribution in [0.3, 0.4) is 0 Å². The number of nitrogens with zero attached hydrogens (tertiary/aromatic N) is 1. The maximum atomic E-state index is 12.9. The Balaban J connectivity index is 2.11. The van der Waals surface area contributed by atoms with Gasteiger partial charge in [-0.25, -0.2) is 4.39 Å². The number of carbonyl (C=O) groups is 2. The van der Waals surface area contributed by atoms with E-state index in [0.717, 1.165) is 0 Å². The zero-order valence-electron chi connectivity index (χ0n) is 10.4. The van der Waals surface area contributed by atoms with Crippen molar-refractivity contribution in [2.24, 2.45) is 0 Å². The predicted octanol–water partition coefficient (Wildman–Crippen LogP) is 1.09. The second-order valence-electron chi connectivity index (χ2n) is 4.53. The molecule has 4 nitrogen and oxygen atoms in total. The lowest BCUT2D eigenvalue weighted by Gasteiger charge is -2.13. The molecule has 1 aliphatic heterocycles. The summed E-state index contributed by atoms with van der Waals surface area (Å²) in [5, 5.41) is 2.68. The minimum absolute atomic E-state index is 0.0804. The number of nitrogens with one attached hydrogen (secondary N) is 1. The summed E-state index contributed by atoms with van der Waals surface area (Å²) in [5.41, 5.74) is 0.963. The van der Waals surface area contributed by atoms with Crippen LogP contribution in [0.4, 0.5) is 4.39 Å². The van der Waals surface area contributed by atoms with Crippen molar-refractivity contribution in [2.45, 2.75) is 19.4 Å². The van der Waals surface area contributed by atoms with Crippen molar-refractivity contribution >= 4 is 11.8 Å². The molecule has 1 atom stereocenters. The molecule has 1 fully saturated rings. The van der Waals surface area contributed by atoms with E-state index < -0.39 is 6.04 Å². The Morgan fingerprint density at radius 3 is 2.78 bits per heavy atom. The van der Waals surface area contributed by atoms with Gasteiger partial charge in [0, 0.05) is 19.2 Å². The van der Waals surface area contributed by atoms with E-state index >= 15 is 0 Å². The van der Waals surface area contributed by atoms with Crippen molar-refractivity contribution in [1.29, 1.82) is 0 Å². The van der Waals surface area contributed by atoms with Crippen LogP contribution >= 0.6 is 0 Å². The molecule has 1 N–H and O–H groups in total. The van der Waals surface area contributed by atoms with Gasteiger partial charge in [0.05, 0.1) is 0 Å². The van der Waals surface area contributed by atoms with Crippen LogP contribution in [0, 0.1) is 12.7 Å². The summed E-state index contributed by atoms with van der Waals surface area (Å²) in [4.78, 5) is 25.2. The number of aryl methyl sites for hydroxylation is 1. The lowest BCUT2D eigenvalue weighted by atomic mass is 10.1. The molecule has 0 bridgehead atoms. The summed E-state index contributed by atoms with van der Waals surface area (Å²) >= 11 is 0. The Hall–Kier alpha value is -1.91. The molecule has 0 radical (unpaired) electrons. The molecule has 0 aromatic heterocycles. The van der Waals surface area contributed by atoms with Crippen molar-refractivity contribution < 1.29 is 14.0 Å². The molecule has 1 saturated heterocycles. The first-order valence-electron chi connectivity index (χ1n) is 5.81. The van der Waals surface area contributed by atoms with E-state index in [0.29, 0.717) is 24.1 Å². The van der Waals surface area contributed by atoms with Crippen molar-refractivity contribution in [2.75, 3.05) is 13.6 Å². The predicted molar refractivity (Wildman–Crippen MR) is 64.6 cm³/mol. The highest BCUT2D eigenvalue weighted by Gasteiger charge is 2.30. The summed E-state index contributed by atoms with van der Waals surface area (Å²) in [6, 6.07) is 3.51. The summed E-state index contributed by atoms with van der Waals surface area (Å²) in [6.45, 7) is 2.31. The molecule has 2 amide bonds. The first kappa shape index (κ1) is 12.5. The number of halogens is 1. The summed E-state index contributed by atoms with van der Waals surface area (Å²) in [6.07, 6.45) is 0.612. The normalized spacial score (nSPS) is 19.2. The molecule has 1 heterocycles. The number of benzene rings is 1. The lowest BCUT2D eigenvalue weighted by molar-refractivity contribution is -0.128. The highest BCUT2D eigenvalue weighted by atomic mass is 19.1. The Bertz CT molecular complexity index is 502. The molecule has 1 aromatic carbocycles. The summed E-state index contributed by atoms with van der Waals surface area (Å²) < 4.78 is 12.9. The van der Waals surface area contributed by atoms with Crippen LogP contribution in [-0.4, -0.2) is 36.3 Å². The zero-order valence-corrected chi connectivity index (χ0v) is 10.4. The van der Waals surface area contributed by atoms with Gasteiger partial charge in [-0.3, -0.25) is 9.59 Å². The van der Waals surface area contributed by atoms with Gasteiger partial charge in [0.2, 0.25) is 5.91 Å². The van der Waals surface area contributed by atoms with Crippen LogP contribution < -0.4 is 5.32 Å².